The van der Waals surface area contributed by atoms with Crippen LogP contribution in [0.2, 0.25) is 0 Å². The third-order valence-corrected chi connectivity index (χ3v) is 3.43. The highest BCUT2D eigenvalue weighted by atomic mass is 32.1. The Kier molecular flexibility index (Phi) is 4.78. The summed E-state index contributed by atoms with van der Waals surface area (Å²) in [6, 6.07) is 1.99. The molecule has 1 aromatic heterocycles. The largest absolute Gasteiger partial charge is 0.350 e. The summed E-state index contributed by atoms with van der Waals surface area (Å²) in [4.78, 5) is 12.8. The third-order valence-electron chi connectivity index (χ3n) is 2.47. The van der Waals surface area contributed by atoms with E-state index in [1.54, 1.807) is 18.4 Å². The van der Waals surface area contributed by atoms with Crippen LogP contribution in [-0.4, -0.2) is 19.0 Å². The minimum Gasteiger partial charge on any atom is -0.350 e. The zero-order valence-electron chi connectivity index (χ0n) is 9.46. The molecule has 2 N–H and O–H groups in total. The lowest BCUT2D eigenvalue weighted by Gasteiger charge is -2.10. The number of hydrogen-bond donors (Lipinski definition) is 2. The fourth-order valence-corrected chi connectivity index (χ4v) is 2.20. The van der Waals surface area contributed by atoms with E-state index in [2.05, 4.69) is 29.0 Å². The zero-order valence-corrected chi connectivity index (χ0v) is 10.3. The normalized spacial score (nSPS) is 12.5. The predicted molar refractivity (Wildman–Crippen MR) is 64.1 cm³/mol. The second-order valence-electron chi connectivity index (χ2n) is 3.45. The number of hydrogen-bond acceptors (Lipinski definition) is 3. The maximum Gasteiger partial charge on any atom is 0.237 e. The summed E-state index contributed by atoms with van der Waals surface area (Å²) in [5.74, 6) is 0.0490. The van der Waals surface area contributed by atoms with Crippen molar-refractivity contribution < 1.29 is 4.79 Å². The van der Waals surface area contributed by atoms with Gasteiger partial charge in [0.25, 0.3) is 0 Å². The van der Waals surface area contributed by atoms with Crippen molar-refractivity contribution in [2.75, 3.05) is 7.05 Å². The van der Waals surface area contributed by atoms with E-state index >= 15 is 0 Å². The van der Waals surface area contributed by atoms with Gasteiger partial charge in [-0.15, -0.1) is 11.3 Å². The zero-order chi connectivity index (χ0) is 11.3. The van der Waals surface area contributed by atoms with Gasteiger partial charge in [0, 0.05) is 4.88 Å². The first-order valence-electron chi connectivity index (χ1n) is 5.19. The SMILES string of the molecule is CCc1ccsc1CNC(=O)C(C)NC. The lowest BCUT2D eigenvalue weighted by Crippen LogP contribution is -2.39. The quantitative estimate of drug-likeness (QED) is 0.799. The molecule has 1 rings (SSSR count). The smallest absolute Gasteiger partial charge is 0.237 e. The lowest BCUT2D eigenvalue weighted by atomic mass is 10.2. The number of rotatable bonds is 5. The van der Waals surface area contributed by atoms with Crippen LogP contribution in [0.3, 0.4) is 0 Å². The number of thiophene rings is 1. The molecule has 0 spiro atoms. The van der Waals surface area contributed by atoms with Gasteiger partial charge in [-0.05, 0) is 37.4 Å². The second kappa shape index (κ2) is 5.88. The van der Waals surface area contributed by atoms with E-state index < -0.39 is 0 Å². The number of carbonyl (C=O) groups is 1. The molecule has 1 heterocycles. The minimum absolute atomic E-state index is 0.0490. The summed E-state index contributed by atoms with van der Waals surface area (Å²) in [7, 11) is 1.78. The van der Waals surface area contributed by atoms with Gasteiger partial charge >= 0.3 is 0 Å². The van der Waals surface area contributed by atoms with Crippen LogP contribution < -0.4 is 10.6 Å². The third kappa shape index (κ3) is 3.32. The van der Waals surface area contributed by atoms with Crippen LogP contribution in [0.4, 0.5) is 0 Å². The average Bonchev–Trinajstić information content (AvgIpc) is 2.71. The molecule has 0 fully saturated rings. The number of amides is 1. The molecule has 1 aromatic rings. The van der Waals surface area contributed by atoms with Crippen molar-refractivity contribution in [1.29, 1.82) is 0 Å². The fourth-order valence-electron chi connectivity index (χ4n) is 1.29. The van der Waals surface area contributed by atoms with Gasteiger partial charge in [-0.25, -0.2) is 0 Å². The molecule has 84 valence electrons. The summed E-state index contributed by atoms with van der Waals surface area (Å²) in [5.41, 5.74) is 1.33. The van der Waals surface area contributed by atoms with Crippen molar-refractivity contribution in [3.63, 3.8) is 0 Å². The van der Waals surface area contributed by atoms with Crippen LogP contribution in [0.25, 0.3) is 0 Å². The van der Waals surface area contributed by atoms with Gasteiger partial charge in [-0.2, -0.15) is 0 Å². The molecule has 0 saturated carbocycles. The van der Waals surface area contributed by atoms with Gasteiger partial charge in [0.05, 0.1) is 12.6 Å². The van der Waals surface area contributed by atoms with Crippen molar-refractivity contribution in [2.45, 2.75) is 32.9 Å². The predicted octanol–water partition coefficient (Wildman–Crippen LogP) is 1.53. The summed E-state index contributed by atoms with van der Waals surface area (Å²) in [5, 5.41) is 7.91. The van der Waals surface area contributed by atoms with Gasteiger partial charge in [0.15, 0.2) is 0 Å². The first kappa shape index (κ1) is 12.2. The first-order chi connectivity index (χ1) is 7.19. The average molecular weight is 226 g/mol. The Morgan fingerprint density at radius 1 is 1.60 bits per heavy atom. The van der Waals surface area contributed by atoms with Crippen LogP contribution in [0, 0.1) is 0 Å². The number of aryl methyl sites for hydroxylation is 1. The van der Waals surface area contributed by atoms with Crippen LogP contribution >= 0.6 is 11.3 Å². The van der Waals surface area contributed by atoms with Crippen LogP contribution in [0.5, 0.6) is 0 Å². The maximum absolute atomic E-state index is 11.5. The van der Waals surface area contributed by atoms with E-state index in [1.165, 1.54) is 10.4 Å². The molecule has 15 heavy (non-hydrogen) atoms. The summed E-state index contributed by atoms with van der Waals surface area (Å²) >= 11 is 1.70. The van der Waals surface area contributed by atoms with E-state index in [9.17, 15) is 4.79 Å². The first-order valence-corrected chi connectivity index (χ1v) is 6.07. The number of carbonyl (C=O) groups excluding carboxylic acids is 1. The van der Waals surface area contributed by atoms with Crippen molar-refractivity contribution in [3.8, 4) is 0 Å². The number of nitrogens with one attached hydrogen (secondary N) is 2. The molecule has 1 atom stereocenters. The molecule has 0 aliphatic carbocycles. The Balaban J connectivity index is 2.47. The molecule has 0 saturated heterocycles. The second-order valence-corrected chi connectivity index (χ2v) is 4.45. The van der Waals surface area contributed by atoms with Crippen molar-refractivity contribution in [1.82, 2.24) is 10.6 Å². The van der Waals surface area contributed by atoms with Crippen molar-refractivity contribution in [2.24, 2.45) is 0 Å². The molecule has 0 radical (unpaired) electrons. The van der Waals surface area contributed by atoms with Crippen LogP contribution in [0.1, 0.15) is 24.3 Å². The standard InChI is InChI=1S/C11H18N2OS/c1-4-9-5-6-15-10(9)7-13-11(14)8(2)12-3/h5-6,8,12H,4,7H2,1-3H3,(H,13,14). The monoisotopic (exact) mass is 226 g/mol. The highest BCUT2D eigenvalue weighted by Crippen LogP contribution is 2.16. The van der Waals surface area contributed by atoms with E-state index in [0.717, 1.165) is 6.42 Å². The van der Waals surface area contributed by atoms with E-state index in [0.29, 0.717) is 6.54 Å². The highest BCUT2D eigenvalue weighted by Gasteiger charge is 2.10. The van der Waals surface area contributed by atoms with Gasteiger partial charge in [-0.3, -0.25) is 4.79 Å². The van der Waals surface area contributed by atoms with E-state index in [1.807, 2.05) is 6.92 Å². The van der Waals surface area contributed by atoms with Gasteiger partial charge < -0.3 is 10.6 Å². The summed E-state index contributed by atoms with van der Waals surface area (Å²) < 4.78 is 0. The Bertz CT molecular complexity index is 322. The lowest BCUT2D eigenvalue weighted by molar-refractivity contribution is -0.122. The van der Waals surface area contributed by atoms with Crippen molar-refractivity contribution >= 4 is 17.2 Å². The minimum atomic E-state index is -0.130. The molecule has 0 aliphatic heterocycles. The molecule has 0 aromatic carbocycles. The van der Waals surface area contributed by atoms with Crippen molar-refractivity contribution in [3.05, 3.63) is 21.9 Å². The fraction of sp³-hybridized carbons (Fsp3) is 0.545. The Morgan fingerprint density at radius 3 is 2.93 bits per heavy atom. The van der Waals surface area contributed by atoms with E-state index in [-0.39, 0.29) is 11.9 Å². The highest BCUT2D eigenvalue weighted by molar-refractivity contribution is 7.10. The maximum atomic E-state index is 11.5. The van der Waals surface area contributed by atoms with Gasteiger partial charge in [0.2, 0.25) is 5.91 Å². The molecule has 1 unspecified atom stereocenters. The molecular weight excluding hydrogens is 208 g/mol. The Labute approximate surface area is 94.9 Å². The van der Waals surface area contributed by atoms with Crippen LogP contribution in [0.15, 0.2) is 11.4 Å². The summed E-state index contributed by atoms with van der Waals surface area (Å²) in [6.45, 7) is 4.62. The van der Waals surface area contributed by atoms with E-state index in [4.69, 9.17) is 0 Å². The molecule has 3 nitrogen and oxygen atoms in total. The Hall–Kier alpha value is -0.870. The topological polar surface area (TPSA) is 41.1 Å². The summed E-state index contributed by atoms with van der Waals surface area (Å²) in [6.07, 6.45) is 1.02. The van der Waals surface area contributed by atoms with Gasteiger partial charge in [0.1, 0.15) is 0 Å². The molecule has 0 bridgehead atoms. The molecule has 4 heteroatoms. The number of likely N-dealkylation sites (N-methyl/N-ethyl adjacent to an activating group) is 1. The molecule has 0 aliphatic rings. The Morgan fingerprint density at radius 2 is 2.33 bits per heavy atom. The van der Waals surface area contributed by atoms with Gasteiger partial charge in [-0.1, -0.05) is 6.92 Å². The molecule has 1 amide bonds. The van der Waals surface area contributed by atoms with Crippen LogP contribution in [-0.2, 0) is 17.8 Å². The molecular formula is C11H18N2OS.